The first-order chi connectivity index (χ1) is 9.82. The number of aryl methyl sites for hydroxylation is 1. The number of benzene rings is 2. The van der Waals surface area contributed by atoms with Gasteiger partial charge in [0.2, 0.25) is 0 Å². The average Bonchev–Trinajstić information content (AvgIpc) is 2.45. The lowest BCUT2D eigenvalue weighted by Crippen LogP contribution is -2.09. The molecule has 21 heavy (non-hydrogen) atoms. The largest absolute Gasteiger partial charge is 0.416 e. The van der Waals surface area contributed by atoms with Crippen molar-refractivity contribution in [2.45, 2.75) is 18.0 Å². The second kappa shape index (κ2) is 5.93. The Balaban J connectivity index is 2.35. The van der Waals surface area contributed by atoms with Crippen LogP contribution in [-0.4, -0.2) is 12.0 Å². The van der Waals surface area contributed by atoms with Gasteiger partial charge >= 0.3 is 6.18 Å². The highest BCUT2D eigenvalue weighted by atomic mass is 32.2. The molecular formula is C16H13F3OS. The molecule has 0 aromatic heterocycles. The van der Waals surface area contributed by atoms with Crippen molar-refractivity contribution < 1.29 is 18.0 Å². The Morgan fingerprint density at radius 3 is 2.14 bits per heavy atom. The number of hydrogen-bond donors (Lipinski definition) is 0. The van der Waals surface area contributed by atoms with Gasteiger partial charge in [0.15, 0.2) is 5.78 Å². The van der Waals surface area contributed by atoms with Crippen LogP contribution in [0.3, 0.4) is 0 Å². The van der Waals surface area contributed by atoms with E-state index in [0.29, 0.717) is 16.7 Å². The maximum atomic E-state index is 12.6. The maximum Gasteiger partial charge on any atom is 0.416 e. The zero-order valence-corrected chi connectivity index (χ0v) is 12.3. The molecule has 0 bridgehead atoms. The smallest absolute Gasteiger partial charge is 0.289 e. The van der Waals surface area contributed by atoms with E-state index in [9.17, 15) is 18.0 Å². The van der Waals surface area contributed by atoms with Gasteiger partial charge in [0.1, 0.15) is 0 Å². The molecule has 0 saturated heterocycles. The van der Waals surface area contributed by atoms with Crippen molar-refractivity contribution in [2.24, 2.45) is 0 Å². The molecule has 0 unspecified atom stereocenters. The minimum absolute atomic E-state index is 0.270. The van der Waals surface area contributed by atoms with Gasteiger partial charge in [-0.3, -0.25) is 4.79 Å². The van der Waals surface area contributed by atoms with Crippen LogP contribution in [0.4, 0.5) is 13.2 Å². The van der Waals surface area contributed by atoms with Gasteiger partial charge in [0, 0.05) is 16.0 Å². The molecule has 0 atom stereocenters. The van der Waals surface area contributed by atoms with E-state index in [1.807, 2.05) is 18.4 Å². The third-order valence-corrected chi connectivity index (χ3v) is 3.89. The number of rotatable bonds is 3. The number of alkyl halides is 3. The number of ketones is 1. The molecule has 2 rings (SSSR count). The number of thioether (sulfide) groups is 1. The molecule has 2 aromatic rings. The first kappa shape index (κ1) is 15.6. The number of hydrogen-bond acceptors (Lipinski definition) is 2. The van der Waals surface area contributed by atoms with Gasteiger partial charge in [-0.15, -0.1) is 11.8 Å². The molecular weight excluding hydrogens is 297 g/mol. The maximum absolute atomic E-state index is 12.6. The van der Waals surface area contributed by atoms with Crippen molar-refractivity contribution in [1.29, 1.82) is 0 Å². The Hall–Kier alpha value is -1.75. The first-order valence-electron chi connectivity index (χ1n) is 6.19. The highest BCUT2D eigenvalue weighted by Gasteiger charge is 2.31. The summed E-state index contributed by atoms with van der Waals surface area (Å²) in [7, 11) is 0. The molecule has 0 spiro atoms. The van der Waals surface area contributed by atoms with Crippen LogP contribution in [0.15, 0.2) is 47.4 Å². The highest BCUT2D eigenvalue weighted by Crippen LogP contribution is 2.31. The van der Waals surface area contributed by atoms with Gasteiger partial charge < -0.3 is 0 Å². The summed E-state index contributed by atoms with van der Waals surface area (Å²) >= 11 is 1.56. The summed E-state index contributed by atoms with van der Waals surface area (Å²) in [6.07, 6.45) is -2.47. The van der Waals surface area contributed by atoms with Crippen molar-refractivity contribution in [3.63, 3.8) is 0 Å². The van der Waals surface area contributed by atoms with E-state index in [4.69, 9.17) is 0 Å². The van der Waals surface area contributed by atoms with Gasteiger partial charge in [-0.1, -0.05) is 6.07 Å². The van der Waals surface area contributed by atoms with Crippen LogP contribution in [0.25, 0.3) is 0 Å². The van der Waals surface area contributed by atoms with E-state index in [1.54, 1.807) is 23.9 Å². The average molecular weight is 310 g/mol. The minimum atomic E-state index is -4.40. The summed E-state index contributed by atoms with van der Waals surface area (Å²) in [6, 6.07) is 10.2. The SMILES string of the molecule is CSc1ccc(C(=O)c2ccc(C(F)(F)F)cc2C)cc1. The third kappa shape index (κ3) is 3.47. The Kier molecular flexibility index (Phi) is 4.42. The lowest BCUT2D eigenvalue weighted by atomic mass is 9.97. The number of carbonyl (C=O) groups excluding carboxylic acids is 1. The summed E-state index contributed by atoms with van der Waals surface area (Å²) in [6.45, 7) is 1.51. The van der Waals surface area contributed by atoms with Gasteiger partial charge in [0.05, 0.1) is 5.56 Å². The van der Waals surface area contributed by atoms with Gasteiger partial charge in [-0.25, -0.2) is 0 Å². The van der Waals surface area contributed by atoms with Gasteiger partial charge in [-0.2, -0.15) is 13.2 Å². The number of carbonyl (C=O) groups is 1. The third-order valence-electron chi connectivity index (χ3n) is 3.15. The van der Waals surface area contributed by atoms with Crippen LogP contribution in [0.1, 0.15) is 27.0 Å². The second-order valence-corrected chi connectivity index (χ2v) is 5.46. The van der Waals surface area contributed by atoms with Crippen LogP contribution in [0, 0.1) is 6.92 Å². The van der Waals surface area contributed by atoms with Crippen molar-refractivity contribution >= 4 is 17.5 Å². The minimum Gasteiger partial charge on any atom is -0.289 e. The summed E-state index contributed by atoms with van der Waals surface area (Å²) in [4.78, 5) is 13.4. The van der Waals surface area contributed by atoms with Crippen LogP contribution in [0.2, 0.25) is 0 Å². The highest BCUT2D eigenvalue weighted by molar-refractivity contribution is 7.98. The predicted molar refractivity (Wildman–Crippen MR) is 77.8 cm³/mol. The van der Waals surface area contributed by atoms with Crippen LogP contribution in [0.5, 0.6) is 0 Å². The second-order valence-electron chi connectivity index (χ2n) is 4.59. The van der Waals surface area contributed by atoms with E-state index in [2.05, 4.69) is 0 Å². The summed E-state index contributed by atoms with van der Waals surface area (Å²) in [5.41, 5.74) is 0.341. The molecule has 5 heteroatoms. The Morgan fingerprint density at radius 2 is 1.67 bits per heavy atom. The van der Waals surface area contributed by atoms with E-state index < -0.39 is 11.7 Å². The van der Waals surface area contributed by atoms with Crippen molar-refractivity contribution in [2.75, 3.05) is 6.26 Å². The topological polar surface area (TPSA) is 17.1 Å². The lowest BCUT2D eigenvalue weighted by Gasteiger charge is -2.10. The van der Waals surface area contributed by atoms with Crippen molar-refractivity contribution in [3.8, 4) is 0 Å². The fourth-order valence-electron chi connectivity index (χ4n) is 1.99. The molecule has 0 aliphatic carbocycles. The molecule has 110 valence electrons. The van der Waals surface area contributed by atoms with Gasteiger partial charge in [0.25, 0.3) is 0 Å². The predicted octanol–water partition coefficient (Wildman–Crippen LogP) is 4.97. The normalized spacial score (nSPS) is 11.5. The monoisotopic (exact) mass is 310 g/mol. The molecule has 0 saturated carbocycles. The van der Waals surface area contributed by atoms with Crippen LogP contribution < -0.4 is 0 Å². The molecule has 2 aromatic carbocycles. The molecule has 0 aliphatic heterocycles. The van der Waals surface area contributed by atoms with Crippen molar-refractivity contribution in [3.05, 3.63) is 64.7 Å². The molecule has 0 amide bonds. The van der Waals surface area contributed by atoms with E-state index in [1.165, 1.54) is 13.0 Å². The molecule has 1 nitrogen and oxygen atoms in total. The fraction of sp³-hybridized carbons (Fsp3) is 0.188. The molecule has 0 N–H and O–H groups in total. The summed E-state index contributed by atoms with van der Waals surface area (Å²) < 4.78 is 37.9. The Bertz CT molecular complexity index is 660. The van der Waals surface area contributed by atoms with Crippen LogP contribution in [-0.2, 0) is 6.18 Å². The lowest BCUT2D eigenvalue weighted by molar-refractivity contribution is -0.137. The molecule has 0 radical (unpaired) electrons. The molecule has 0 aliphatic rings. The van der Waals surface area contributed by atoms with Crippen molar-refractivity contribution in [1.82, 2.24) is 0 Å². The van der Waals surface area contributed by atoms with E-state index in [-0.39, 0.29) is 5.78 Å². The summed E-state index contributed by atoms with van der Waals surface area (Å²) in [5.74, 6) is -0.270. The summed E-state index contributed by atoms with van der Waals surface area (Å²) in [5, 5.41) is 0. The molecule has 0 heterocycles. The Labute approximate surface area is 125 Å². The first-order valence-corrected chi connectivity index (χ1v) is 7.42. The molecule has 0 fully saturated rings. The van der Waals surface area contributed by atoms with E-state index in [0.717, 1.165) is 17.0 Å². The standard InChI is InChI=1S/C16H13F3OS/c1-10-9-12(16(17,18)19)5-8-14(10)15(20)11-3-6-13(21-2)7-4-11/h3-9H,1-2H3. The van der Waals surface area contributed by atoms with Crippen LogP contribution >= 0.6 is 11.8 Å². The van der Waals surface area contributed by atoms with E-state index >= 15 is 0 Å². The zero-order valence-electron chi connectivity index (χ0n) is 11.5. The zero-order chi connectivity index (χ0) is 15.6. The fourth-order valence-corrected chi connectivity index (χ4v) is 2.40. The van der Waals surface area contributed by atoms with Gasteiger partial charge in [-0.05, 0) is 55.1 Å². The Morgan fingerprint density at radius 1 is 1.05 bits per heavy atom. The quantitative estimate of drug-likeness (QED) is 0.588. The number of halogens is 3.